The molecule has 0 aromatic carbocycles. The smallest absolute Gasteiger partial charge is 0.0833 e. The van der Waals surface area contributed by atoms with Crippen LogP contribution in [0.1, 0.15) is 90.4 Å². The molecule has 1 heterocycles. The summed E-state index contributed by atoms with van der Waals surface area (Å²) in [6.45, 7) is 2.31. The summed E-state index contributed by atoms with van der Waals surface area (Å²) in [4.78, 5) is 0. The Hall–Kier alpha value is -0.420. The van der Waals surface area contributed by atoms with Crippen LogP contribution in [0.25, 0.3) is 0 Å². The first-order valence-corrected chi connectivity index (χ1v) is 10.5. The zero-order chi connectivity index (χ0) is 18.3. The van der Waals surface area contributed by atoms with Crippen LogP contribution >= 0.6 is 0 Å². The van der Waals surface area contributed by atoms with Gasteiger partial charge in [0.1, 0.15) is 0 Å². The number of aliphatic hydroxyl groups excluding tert-OH is 3. The number of aliphatic hydroxyl groups is 3. The van der Waals surface area contributed by atoms with E-state index in [9.17, 15) is 10.2 Å². The van der Waals surface area contributed by atoms with Crippen molar-refractivity contribution >= 4 is 0 Å². The average Bonchev–Trinajstić information content (AvgIpc) is 2.63. The Labute approximate surface area is 154 Å². The van der Waals surface area contributed by atoms with Gasteiger partial charge < -0.3 is 20.1 Å². The van der Waals surface area contributed by atoms with E-state index in [0.717, 1.165) is 32.1 Å². The summed E-state index contributed by atoms with van der Waals surface area (Å²) >= 11 is 0. The van der Waals surface area contributed by atoms with Crippen molar-refractivity contribution in [1.82, 2.24) is 0 Å². The fraction of sp³-hybridized carbons (Fsp3) is 0.905. The summed E-state index contributed by atoms with van der Waals surface area (Å²) in [6, 6.07) is 0. The molecule has 0 spiro atoms. The van der Waals surface area contributed by atoms with Gasteiger partial charge in [-0.2, -0.15) is 0 Å². The first kappa shape index (κ1) is 22.6. The van der Waals surface area contributed by atoms with Crippen LogP contribution in [0.15, 0.2) is 12.2 Å². The Morgan fingerprint density at radius 1 is 0.960 bits per heavy atom. The molecule has 1 saturated heterocycles. The van der Waals surface area contributed by atoms with Crippen molar-refractivity contribution in [3.05, 3.63) is 12.2 Å². The molecule has 0 aromatic rings. The van der Waals surface area contributed by atoms with Gasteiger partial charge in [-0.25, -0.2) is 0 Å². The minimum atomic E-state index is -0.696. The van der Waals surface area contributed by atoms with Crippen molar-refractivity contribution in [2.75, 3.05) is 6.61 Å². The topological polar surface area (TPSA) is 69.9 Å². The van der Waals surface area contributed by atoms with E-state index in [1.807, 2.05) is 12.2 Å². The number of ether oxygens (including phenoxy) is 1. The van der Waals surface area contributed by atoms with Gasteiger partial charge in [0.2, 0.25) is 0 Å². The van der Waals surface area contributed by atoms with Crippen LogP contribution < -0.4 is 0 Å². The van der Waals surface area contributed by atoms with Gasteiger partial charge in [-0.05, 0) is 32.1 Å². The third-order valence-electron chi connectivity index (χ3n) is 5.11. The van der Waals surface area contributed by atoms with Gasteiger partial charge in [-0.15, -0.1) is 0 Å². The van der Waals surface area contributed by atoms with E-state index >= 15 is 0 Å². The largest absolute Gasteiger partial charge is 0.394 e. The SMILES string of the molecule is CCCCCCCCCCC(O)C(O)C/C=C/C1CCCC(CO)O1. The molecule has 0 aliphatic carbocycles. The standard InChI is InChI=1S/C21H40O4/c1-2-3-4-5-6-7-8-9-15-20(23)21(24)16-11-13-18-12-10-14-19(17-22)25-18/h11,13,18-24H,2-10,12,14-17H2,1H3/b13-11+. The quantitative estimate of drug-likeness (QED) is 0.323. The van der Waals surface area contributed by atoms with Gasteiger partial charge in [-0.1, -0.05) is 70.4 Å². The number of hydrogen-bond acceptors (Lipinski definition) is 4. The molecule has 1 rings (SSSR count). The first-order chi connectivity index (χ1) is 12.2. The monoisotopic (exact) mass is 356 g/mol. The highest BCUT2D eigenvalue weighted by molar-refractivity contribution is 4.94. The molecule has 0 saturated carbocycles. The molecule has 4 heteroatoms. The normalized spacial score (nSPS) is 23.8. The van der Waals surface area contributed by atoms with Crippen molar-refractivity contribution in [3.63, 3.8) is 0 Å². The summed E-state index contributed by atoms with van der Waals surface area (Å²) in [7, 11) is 0. The second kappa shape index (κ2) is 14.7. The number of hydrogen-bond donors (Lipinski definition) is 3. The molecule has 1 aliphatic rings. The van der Waals surface area contributed by atoms with Crippen molar-refractivity contribution in [3.8, 4) is 0 Å². The lowest BCUT2D eigenvalue weighted by Gasteiger charge is -2.27. The van der Waals surface area contributed by atoms with E-state index in [1.165, 1.54) is 38.5 Å². The zero-order valence-electron chi connectivity index (χ0n) is 16.1. The van der Waals surface area contributed by atoms with Crippen LogP contribution in [0.2, 0.25) is 0 Å². The molecule has 148 valence electrons. The van der Waals surface area contributed by atoms with E-state index in [2.05, 4.69) is 6.92 Å². The lowest BCUT2D eigenvalue weighted by Crippen LogP contribution is -2.29. The van der Waals surface area contributed by atoms with Crippen molar-refractivity contribution in [1.29, 1.82) is 0 Å². The van der Waals surface area contributed by atoms with E-state index < -0.39 is 12.2 Å². The molecule has 3 N–H and O–H groups in total. The van der Waals surface area contributed by atoms with Crippen LogP contribution in [-0.2, 0) is 4.74 Å². The third-order valence-corrected chi connectivity index (χ3v) is 5.11. The highest BCUT2D eigenvalue weighted by Gasteiger charge is 2.20. The molecular weight excluding hydrogens is 316 g/mol. The highest BCUT2D eigenvalue weighted by atomic mass is 16.5. The Kier molecular flexibility index (Phi) is 13.3. The molecule has 0 bridgehead atoms. The fourth-order valence-corrected chi connectivity index (χ4v) is 3.41. The van der Waals surface area contributed by atoms with Gasteiger partial charge in [0.25, 0.3) is 0 Å². The molecule has 0 amide bonds. The molecule has 0 radical (unpaired) electrons. The molecule has 4 nitrogen and oxygen atoms in total. The summed E-state index contributed by atoms with van der Waals surface area (Å²) in [5.74, 6) is 0. The number of rotatable bonds is 14. The van der Waals surface area contributed by atoms with Crippen LogP contribution in [0.3, 0.4) is 0 Å². The van der Waals surface area contributed by atoms with Gasteiger partial charge in [0, 0.05) is 0 Å². The molecule has 1 aliphatic heterocycles. The fourth-order valence-electron chi connectivity index (χ4n) is 3.41. The van der Waals surface area contributed by atoms with Gasteiger partial charge >= 0.3 is 0 Å². The van der Waals surface area contributed by atoms with E-state index in [1.54, 1.807) is 0 Å². The Balaban J connectivity index is 2.05. The predicted molar refractivity (Wildman–Crippen MR) is 103 cm³/mol. The van der Waals surface area contributed by atoms with Crippen molar-refractivity contribution in [2.24, 2.45) is 0 Å². The van der Waals surface area contributed by atoms with E-state index in [0.29, 0.717) is 12.8 Å². The van der Waals surface area contributed by atoms with Crippen LogP contribution in [0, 0.1) is 0 Å². The predicted octanol–water partition coefficient (Wildman–Crippen LogP) is 4.12. The molecule has 25 heavy (non-hydrogen) atoms. The van der Waals surface area contributed by atoms with E-state index in [-0.39, 0.29) is 18.8 Å². The summed E-state index contributed by atoms with van der Waals surface area (Å²) in [6.07, 6.45) is 16.5. The summed E-state index contributed by atoms with van der Waals surface area (Å²) in [5, 5.41) is 29.3. The molecule has 4 atom stereocenters. The maximum atomic E-state index is 10.1. The second-order valence-corrected chi connectivity index (χ2v) is 7.47. The molecular formula is C21H40O4. The third kappa shape index (κ3) is 11.0. The lowest BCUT2D eigenvalue weighted by molar-refractivity contribution is -0.0512. The summed E-state index contributed by atoms with van der Waals surface area (Å²) < 4.78 is 5.72. The average molecular weight is 357 g/mol. The zero-order valence-corrected chi connectivity index (χ0v) is 16.1. The van der Waals surface area contributed by atoms with Gasteiger partial charge in [0.15, 0.2) is 0 Å². The maximum Gasteiger partial charge on any atom is 0.0833 e. The Morgan fingerprint density at radius 3 is 2.32 bits per heavy atom. The first-order valence-electron chi connectivity index (χ1n) is 10.5. The lowest BCUT2D eigenvalue weighted by atomic mass is 10.0. The highest BCUT2D eigenvalue weighted by Crippen LogP contribution is 2.20. The maximum absolute atomic E-state index is 10.1. The number of unbranched alkanes of at least 4 members (excludes halogenated alkanes) is 7. The summed E-state index contributed by atoms with van der Waals surface area (Å²) in [5.41, 5.74) is 0. The van der Waals surface area contributed by atoms with Crippen LogP contribution in [-0.4, -0.2) is 46.3 Å². The van der Waals surface area contributed by atoms with Crippen molar-refractivity contribution < 1.29 is 20.1 Å². The molecule has 4 unspecified atom stereocenters. The minimum absolute atomic E-state index is 0.0305. The molecule has 1 fully saturated rings. The second-order valence-electron chi connectivity index (χ2n) is 7.47. The van der Waals surface area contributed by atoms with Gasteiger partial charge in [0.05, 0.1) is 31.0 Å². The van der Waals surface area contributed by atoms with Crippen LogP contribution in [0.4, 0.5) is 0 Å². The van der Waals surface area contributed by atoms with Crippen molar-refractivity contribution in [2.45, 2.75) is 115 Å². The molecule has 0 aromatic heterocycles. The Morgan fingerprint density at radius 2 is 1.64 bits per heavy atom. The van der Waals surface area contributed by atoms with E-state index in [4.69, 9.17) is 9.84 Å². The van der Waals surface area contributed by atoms with Gasteiger partial charge in [-0.3, -0.25) is 0 Å². The van der Waals surface area contributed by atoms with Crippen LogP contribution in [0.5, 0.6) is 0 Å². The Bertz CT molecular complexity index is 332. The minimum Gasteiger partial charge on any atom is -0.394 e.